The van der Waals surface area contributed by atoms with Crippen molar-refractivity contribution in [2.24, 2.45) is 5.92 Å². The molecule has 1 aromatic carbocycles. The van der Waals surface area contributed by atoms with Crippen molar-refractivity contribution in [1.29, 1.82) is 0 Å². The van der Waals surface area contributed by atoms with Crippen molar-refractivity contribution in [2.45, 2.75) is 32.5 Å². The van der Waals surface area contributed by atoms with Gasteiger partial charge >= 0.3 is 6.61 Å². The summed E-state index contributed by atoms with van der Waals surface area (Å²) >= 11 is 0. The maximum absolute atomic E-state index is 12.3. The summed E-state index contributed by atoms with van der Waals surface area (Å²) in [5.41, 5.74) is 0.873. The lowest BCUT2D eigenvalue weighted by atomic mass is 10.0. The number of nitrogens with zero attached hydrogens (tertiary/aromatic N) is 1. The first-order valence-corrected chi connectivity index (χ1v) is 6.99. The van der Waals surface area contributed by atoms with E-state index in [1.54, 1.807) is 24.1 Å². The number of rotatable bonds is 5. The van der Waals surface area contributed by atoms with Gasteiger partial charge in [0.15, 0.2) is 0 Å². The molecule has 0 aliphatic carbocycles. The van der Waals surface area contributed by atoms with Crippen LogP contribution in [0.15, 0.2) is 24.3 Å². The number of ether oxygens (including phenoxy) is 1. The molecule has 2 atom stereocenters. The fraction of sp³-hybridized carbons (Fsp3) is 0.533. The molecule has 4 nitrogen and oxygen atoms in total. The Bertz CT molecular complexity index is 479. The second kappa shape index (κ2) is 6.85. The zero-order valence-electron chi connectivity index (χ0n) is 12.2. The molecular weight excluding hydrogens is 278 g/mol. The molecule has 21 heavy (non-hydrogen) atoms. The van der Waals surface area contributed by atoms with Gasteiger partial charge < -0.3 is 15.0 Å². The lowest BCUT2D eigenvalue weighted by Crippen LogP contribution is -2.43. The van der Waals surface area contributed by atoms with Crippen LogP contribution in [0.2, 0.25) is 0 Å². The average molecular weight is 298 g/mol. The van der Waals surface area contributed by atoms with Crippen LogP contribution in [0.1, 0.15) is 18.9 Å². The highest BCUT2D eigenvalue weighted by atomic mass is 19.3. The zero-order valence-corrected chi connectivity index (χ0v) is 12.2. The molecule has 0 bridgehead atoms. The number of hydrogen-bond donors (Lipinski definition) is 1. The average Bonchev–Trinajstić information content (AvgIpc) is 2.85. The molecule has 1 aliphatic rings. The van der Waals surface area contributed by atoms with Gasteiger partial charge in [0.2, 0.25) is 5.91 Å². The summed E-state index contributed by atoms with van der Waals surface area (Å²) in [5.74, 6) is 0.517. The lowest BCUT2D eigenvalue weighted by molar-refractivity contribution is -0.133. The molecule has 0 radical (unpaired) electrons. The summed E-state index contributed by atoms with van der Waals surface area (Å²) in [7, 11) is 1.75. The third-order valence-corrected chi connectivity index (χ3v) is 3.74. The Morgan fingerprint density at radius 3 is 2.62 bits per heavy atom. The monoisotopic (exact) mass is 298 g/mol. The number of alkyl halides is 2. The van der Waals surface area contributed by atoms with Crippen LogP contribution < -0.4 is 10.1 Å². The topological polar surface area (TPSA) is 41.6 Å². The first-order chi connectivity index (χ1) is 9.97. The number of carbonyl (C=O) groups excluding carboxylic acids is 1. The van der Waals surface area contributed by atoms with Crippen molar-refractivity contribution in [3.8, 4) is 5.75 Å². The van der Waals surface area contributed by atoms with Crippen LogP contribution in [-0.4, -0.2) is 37.1 Å². The van der Waals surface area contributed by atoms with Gasteiger partial charge in [0, 0.05) is 13.6 Å². The van der Waals surface area contributed by atoms with Crippen LogP contribution in [-0.2, 0) is 11.3 Å². The Morgan fingerprint density at radius 2 is 2.10 bits per heavy atom. The molecule has 1 amide bonds. The largest absolute Gasteiger partial charge is 0.435 e. The summed E-state index contributed by atoms with van der Waals surface area (Å²) in [6, 6.07) is 6.21. The summed E-state index contributed by atoms with van der Waals surface area (Å²) < 4.78 is 28.4. The van der Waals surface area contributed by atoms with Gasteiger partial charge in [-0.2, -0.15) is 8.78 Å². The van der Waals surface area contributed by atoms with Crippen molar-refractivity contribution in [2.75, 3.05) is 13.6 Å². The molecule has 0 spiro atoms. The number of halogens is 2. The first kappa shape index (κ1) is 15.7. The van der Waals surface area contributed by atoms with E-state index in [1.807, 2.05) is 0 Å². The predicted octanol–water partition coefficient (Wildman–Crippen LogP) is 2.24. The highest BCUT2D eigenvalue weighted by molar-refractivity contribution is 5.82. The minimum atomic E-state index is -2.82. The Balaban J connectivity index is 1.92. The third-order valence-electron chi connectivity index (χ3n) is 3.74. The predicted molar refractivity (Wildman–Crippen MR) is 75.1 cm³/mol. The number of benzene rings is 1. The number of nitrogens with one attached hydrogen (secondary N) is 1. The Hall–Kier alpha value is -1.69. The highest BCUT2D eigenvalue weighted by Crippen LogP contribution is 2.19. The SMILES string of the molecule is CC1CCNC1C(=O)N(C)Cc1ccc(OC(F)F)cc1. The minimum Gasteiger partial charge on any atom is -0.435 e. The van der Waals surface area contributed by atoms with E-state index in [2.05, 4.69) is 17.0 Å². The molecule has 1 aromatic rings. The number of likely N-dealkylation sites (N-methyl/N-ethyl adjacent to an activating group) is 1. The van der Waals surface area contributed by atoms with E-state index in [0.29, 0.717) is 12.5 Å². The summed E-state index contributed by atoms with van der Waals surface area (Å²) in [5, 5.41) is 3.21. The molecular formula is C15H20F2N2O2. The fourth-order valence-corrected chi connectivity index (χ4v) is 2.53. The first-order valence-electron chi connectivity index (χ1n) is 6.99. The molecule has 1 N–H and O–H groups in total. The molecule has 1 fully saturated rings. The van der Waals surface area contributed by atoms with Crippen molar-refractivity contribution in [1.82, 2.24) is 10.2 Å². The van der Waals surface area contributed by atoms with Crippen molar-refractivity contribution < 1.29 is 18.3 Å². The van der Waals surface area contributed by atoms with Crippen molar-refractivity contribution >= 4 is 5.91 Å². The lowest BCUT2D eigenvalue weighted by Gasteiger charge is -2.23. The number of carbonyl (C=O) groups is 1. The Kier molecular flexibility index (Phi) is 5.12. The molecule has 116 valence electrons. The smallest absolute Gasteiger partial charge is 0.387 e. The maximum Gasteiger partial charge on any atom is 0.387 e. The second-order valence-electron chi connectivity index (χ2n) is 5.41. The van der Waals surface area contributed by atoms with Crippen LogP contribution in [0, 0.1) is 5.92 Å². The van der Waals surface area contributed by atoms with Gasteiger partial charge in [0.25, 0.3) is 0 Å². The zero-order chi connectivity index (χ0) is 15.4. The van der Waals surface area contributed by atoms with Gasteiger partial charge in [0.1, 0.15) is 5.75 Å². The van der Waals surface area contributed by atoms with Gasteiger partial charge in [-0.1, -0.05) is 19.1 Å². The molecule has 1 saturated heterocycles. The molecule has 2 unspecified atom stereocenters. The van der Waals surface area contributed by atoms with Crippen LogP contribution in [0.5, 0.6) is 5.75 Å². The van der Waals surface area contributed by atoms with E-state index in [4.69, 9.17) is 0 Å². The Morgan fingerprint density at radius 1 is 1.43 bits per heavy atom. The van der Waals surface area contributed by atoms with Gasteiger partial charge in [-0.05, 0) is 36.6 Å². The van der Waals surface area contributed by atoms with Crippen LogP contribution >= 0.6 is 0 Å². The van der Waals surface area contributed by atoms with E-state index in [-0.39, 0.29) is 17.7 Å². The number of amides is 1. The molecule has 1 aliphatic heterocycles. The van der Waals surface area contributed by atoms with E-state index in [0.717, 1.165) is 18.5 Å². The summed E-state index contributed by atoms with van der Waals surface area (Å²) in [4.78, 5) is 14.0. The van der Waals surface area contributed by atoms with Gasteiger partial charge in [-0.25, -0.2) is 0 Å². The highest BCUT2D eigenvalue weighted by Gasteiger charge is 2.31. The maximum atomic E-state index is 12.3. The van der Waals surface area contributed by atoms with Gasteiger partial charge in [-0.15, -0.1) is 0 Å². The molecule has 1 heterocycles. The normalized spacial score (nSPS) is 21.6. The van der Waals surface area contributed by atoms with Gasteiger partial charge in [0.05, 0.1) is 6.04 Å². The molecule has 2 rings (SSSR count). The molecule has 0 saturated carbocycles. The van der Waals surface area contributed by atoms with E-state index < -0.39 is 6.61 Å². The second-order valence-corrected chi connectivity index (χ2v) is 5.41. The van der Waals surface area contributed by atoms with Crippen LogP contribution in [0.25, 0.3) is 0 Å². The molecule has 6 heteroatoms. The molecule has 0 aromatic heterocycles. The minimum absolute atomic E-state index is 0.0629. The standard InChI is InChI=1S/C15H20F2N2O2/c1-10-7-8-18-13(10)14(20)19(2)9-11-3-5-12(6-4-11)21-15(16)17/h3-6,10,13,15,18H,7-9H2,1-2H3. The van der Waals surface area contributed by atoms with E-state index >= 15 is 0 Å². The van der Waals surface area contributed by atoms with Crippen molar-refractivity contribution in [3.63, 3.8) is 0 Å². The van der Waals surface area contributed by atoms with Crippen LogP contribution in [0.3, 0.4) is 0 Å². The van der Waals surface area contributed by atoms with Crippen LogP contribution in [0.4, 0.5) is 8.78 Å². The fourth-order valence-electron chi connectivity index (χ4n) is 2.53. The number of hydrogen-bond acceptors (Lipinski definition) is 3. The third kappa shape index (κ3) is 4.14. The Labute approximate surface area is 123 Å². The van der Waals surface area contributed by atoms with Gasteiger partial charge in [-0.3, -0.25) is 4.79 Å². The summed E-state index contributed by atoms with van der Waals surface area (Å²) in [6.07, 6.45) is 1.00. The van der Waals surface area contributed by atoms with Crippen molar-refractivity contribution in [3.05, 3.63) is 29.8 Å². The van der Waals surface area contributed by atoms with E-state index in [9.17, 15) is 13.6 Å². The van der Waals surface area contributed by atoms with E-state index in [1.165, 1.54) is 12.1 Å². The quantitative estimate of drug-likeness (QED) is 0.906. The summed E-state index contributed by atoms with van der Waals surface area (Å²) in [6.45, 7) is 0.548.